The lowest BCUT2D eigenvalue weighted by molar-refractivity contribution is 0.0538. The zero-order valence-electron chi connectivity index (χ0n) is 9.79. The number of aromatic nitrogens is 2. The van der Waals surface area contributed by atoms with Crippen LogP contribution in [0.4, 0.5) is 11.6 Å². The number of hydrogen-bond donors (Lipinski definition) is 2. The van der Waals surface area contributed by atoms with Crippen molar-refractivity contribution < 1.29 is 4.74 Å². The lowest BCUT2D eigenvalue weighted by Crippen LogP contribution is -2.43. The predicted molar refractivity (Wildman–Crippen MR) is 63.3 cm³/mol. The standard InChI is InChI=1S/C11H18N4O/c1-8-9(12)13-7-14-10(8)15-11(2)4-3-5-16-6-11/h7H,3-6H2,1-2H3,(H3,12,13,14,15). The summed E-state index contributed by atoms with van der Waals surface area (Å²) >= 11 is 0. The summed E-state index contributed by atoms with van der Waals surface area (Å²) in [6, 6.07) is 0. The second-order valence-corrected chi connectivity index (χ2v) is 4.57. The summed E-state index contributed by atoms with van der Waals surface area (Å²) in [7, 11) is 0. The first-order chi connectivity index (χ1) is 7.61. The average molecular weight is 222 g/mol. The molecular formula is C11H18N4O. The molecule has 0 radical (unpaired) electrons. The fourth-order valence-electron chi connectivity index (χ4n) is 1.91. The van der Waals surface area contributed by atoms with Crippen molar-refractivity contribution in [1.82, 2.24) is 9.97 Å². The molecule has 0 spiro atoms. The third-order valence-electron chi connectivity index (χ3n) is 2.98. The summed E-state index contributed by atoms with van der Waals surface area (Å²) in [5.74, 6) is 1.33. The van der Waals surface area contributed by atoms with Crippen LogP contribution in [0.1, 0.15) is 25.3 Å². The van der Waals surface area contributed by atoms with E-state index >= 15 is 0 Å². The van der Waals surface area contributed by atoms with Crippen molar-refractivity contribution in [2.45, 2.75) is 32.2 Å². The number of hydrogen-bond acceptors (Lipinski definition) is 5. The van der Waals surface area contributed by atoms with Crippen LogP contribution in [0.2, 0.25) is 0 Å². The van der Waals surface area contributed by atoms with Gasteiger partial charge >= 0.3 is 0 Å². The third-order valence-corrected chi connectivity index (χ3v) is 2.98. The number of nitrogens with one attached hydrogen (secondary N) is 1. The van der Waals surface area contributed by atoms with E-state index in [0.29, 0.717) is 12.4 Å². The molecular weight excluding hydrogens is 204 g/mol. The highest BCUT2D eigenvalue weighted by Gasteiger charge is 2.28. The largest absolute Gasteiger partial charge is 0.383 e. The molecule has 1 unspecified atom stereocenters. The highest BCUT2D eigenvalue weighted by Crippen LogP contribution is 2.25. The van der Waals surface area contributed by atoms with E-state index in [4.69, 9.17) is 10.5 Å². The van der Waals surface area contributed by atoms with Gasteiger partial charge in [-0.15, -0.1) is 0 Å². The Balaban J connectivity index is 2.16. The molecule has 0 aliphatic carbocycles. The smallest absolute Gasteiger partial charge is 0.134 e. The molecule has 1 atom stereocenters. The number of ether oxygens (including phenoxy) is 1. The van der Waals surface area contributed by atoms with Gasteiger partial charge in [0.15, 0.2) is 0 Å². The quantitative estimate of drug-likeness (QED) is 0.790. The van der Waals surface area contributed by atoms with Gasteiger partial charge in [0.25, 0.3) is 0 Å². The maximum atomic E-state index is 5.75. The summed E-state index contributed by atoms with van der Waals surface area (Å²) in [5, 5.41) is 3.41. The molecule has 1 fully saturated rings. The minimum absolute atomic E-state index is 0.0518. The topological polar surface area (TPSA) is 73.1 Å². The maximum Gasteiger partial charge on any atom is 0.134 e. The van der Waals surface area contributed by atoms with Crippen LogP contribution in [0.25, 0.3) is 0 Å². The molecule has 1 aliphatic heterocycles. The lowest BCUT2D eigenvalue weighted by Gasteiger charge is -2.35. The first kappa shape index (κ1) is 11.1. The molecule has 0 bridgehead atoms. The van der Waals surface area contributed by atoms with Gasteiger partial charge in [0, 0.05) is 12.2 Å². The first-order valence-corrected chi connectivity index (χ1v) is 5.54. The monoisotopic (exact) mass is 222 g/mol. The van der Waals surface area contributed by atoms with E-state index in [1.54, 1.807) is 0 Å². The zero-order chi connectivity index (χ0) is 11.6. The Morgan fingerprint density at radius 3 is 3.00 bits per heavy atom. The molecule has 0 aromatic carbocycles. The molecule has 2 rings (SSSR count). The second kappa shape index (κ2) is 4.25. The van der Waals surface area contributed by atoms with Crippen molar-refractivity contribution in [2.75, 3.05) is 24.3 Å². The van der Waals surface area contributed by atoms with Crippen molar-refractivity contribution in [1.29, 1.82) is 0 Å². The van der Waals surface area contributed by atoms with Crippen LogP contribution in [-0.4, -0.2) is 28.7 Å². The summed E-state index contributed by atoms with van der Waals surface area (Å²) in [4.78, 5) is 8.17. The Labute approximate surface area is 95.4 Å². The number of nitrogens with two attached hydrogens (primary N) is 1. The van der Waals surface area contributed by atoms with E-state index in [1.165, 1.54) is 6.33 Å². The van der Waals surface area contributed by atoms with Crippen LogP contribution in [-0.2, 0) is 4.74 Å². The van der Waals surface area contributed by atoms with Crippen LogP contribution in [0.15, 0.2) is 6.33 Å². The van der Waals surface area contributed by atoms with E-state index in [0.717, 1.165) is 30.8 Å². The molecule has 1 saturated heterocycles. The van der Waals surface area contributed by atoms with Crippen LogP contribution in [0.5, 0.6) is 0 Å². The fraction of sp³-hybridized carbons (Fsp3) is 0.636. The van der Waals surface area contributed by atoms with Gasteiger partial charge in [-0.25, -0.2) is 9.97 Å². The molecule has 5 heteroatoms. The molecule has 3 N–H and O–H groups in total. The maximum absolute atomic E-state index is 5.75. The van der Waals surface area contributed by atoms with Crippen LogP contribution >= 0.6 is 0 Å². The Morgan fingerprint density at radius 2 is 2.31 bits per heavy atom. The minimum atomic E-state index is -0.0518. The SMILES string of the molecule is Cc1c(N)ncnc1NC1(C)CCCOC1. The Bertz CT molecular complexity index is 374. The van der Waals surface area contributed by atoms with Gasteiger partial charge in [-0.05, 0) is 26.7 Å². The number of anilines is 2. The number of nitrogens with zero attached hydrogens (tertiary/aromatic N) is 2. The molecule has 5 nitrogen and oxygen atoms in total. The minimum Gasteiger partial charge on any atom is -0.383 e. The molecule has 1 aromatic heterocycles. The van der Waals surface area contributed by atoms with Crippen molar-refractivity contribution >= 4 is 11.6 Å². The lowest BCUT2D eigenvalue weighted by atomic mass is 9.95. The Kier molecular flexibility index (Phi) is 2.96. The predicted octanol–water partition coefficient (Wildman–Crippen LogP) is 1.35. The molecule has 1 aromatic rings. The average Bonchev–Trinajstić information content (AvgIpc) is 2.26. The molecule has 0 saturated carbocycles. The van der Waals surface area contributed by atoms with Gasteiger partial charge in [-0.3, -0.25) is 0 Å². The third kappa shape index (κ3) is 2.24. The molecule has 2 heterocycles. The summed E-state index contributed by atoms with van der Waals surface area (Å²) < 4.78 is 5.49. The van der Waals surface area contributed by atoms with E-state index in [2.05, 4.69) is 22.2 Å². The van der Waals surface area contributed by atoms with Gasteiger partial charge in [0.2, 0.25) is 0 Å². The summed E-state index contributed by atoms with van der Waals surface area (Å²) in [6.07, 6.45) is 3.64. The highest BCUT2D eigenvalue weighted by molar-refractivity contribution is 5.55. The normalized spacial score (nSPS) is 25.4. The number of rotatable bonds is 2. The Hall–Kier alpha value is -1.36. The van der Waals surface area contributed by atoms with Gasteiger partial charge in [-0.1, -0.05) is 0 Å². The van der Waals surface area contributed by atoms with E-state index in [-0.39, 0.29) is 5.54 Å². The van der Waals surface area contributed by atoms with Gasteiger partial charge in [0.05, 0.1) is 12.1 Å². The van der Waals surface area contributed by atoms with Gasteiger partial charge < -0.3 is 15.8 Å². The fourth-order valence-corrected chi connectivity index (χ4v) is 1.91. The van der Waals surface area contributed by atoms with E-state index in [9.17, 15) is 0 Å². The van der Waals surface area contributed by atoms with Crippen molar-refractivity contribution in [3.05, 3.63) is 11.9 Å². The molecule has 88 valence electrons. The number of nitrogen functional groups attached to an aromatic ring is 1. The van der Waals surface area contributed by atoms with Crippen LogP contribution < -0.4 is 11.1 Å². The van der Waals surface area contributed by atoms with Gasteiger partial charge in [-0.2, -0.15) is 0 Å². The van der Waals surface area contributed by atoms with Crippen molar-refractivity contribution in [2.24, 2.45) is 0 Å². The molecule has 16 heavy (non-hydrogen) atoms. The van der Waals surface area contributed by atoms with Crippen molar-refractivity contribution in [3.8, 4) is 0 Å². The van der Waals surface area contributed by atoms with Gasteiger partial charge in [0.1, 0.15) is 18.0 Å². The Morgan fingerprint density at radius 1 is 1.50 bits per heavy atom. The molecule has 0 amide bonds. The second-order valence-electron chi connectivity index (χ2n) is 4.57. The molecule has 1 aliphatic rings. The van der Waals surface area contributed by atoms with Crippen molar-refractivity contribution in [3.63, 3.8) is 0 Å². The van der Waals surface area contributed by atoms with Crippen LogP contribution in [0, 0.1) is 6.92 Å². The summed E-state index contributed by atoms with van der Waals surface area (Å²) in [5.41, 5.74) is 6.59. The van der Waals surface area contributed by atoms with E-state index in [1.807, 2.05) is 6.92 Å². The zero-order valence-corrected chi connectivity index (χ0v) is 9.79. The summed E-state index contributed by atoms with van der Waals surface area (Å²) in [6.45, 7) is 5.62. The van der Waals surface area contributed by atoms with E-state index < -0.39 is 0 Å². The van der Waals surface area contributed by atoms with Crippen LogP contribution in [0.3, 0.4) is 0 Å². The highest BCUT2D eigenvalue weighted by atomic mass is 16.5. The first-order valence-electron chi connectivity index (χ1n) is 5.54.